The van der Waals surface area contributed by atoms with Gasteiger partial charge < -0.3 is 0 Å². The molecule has 0 aliphatic rings. The van der Waals surface area contributed by atoms with Crippen molar-refractivity contribution >= 4 is 11.8 Å². The fourth-order valence-corrected chi connectivity index (χ4v) is 0.550. The van der Waals surface area contributed by atoms with Gasteiger partial charge in [0.2, 0.25) is 0 Å². The lowest BCUT2D eigenvalue weighted by atomic mass is 10.5. The normalized spacial score (nSPS) is 9.25. The molecule has 0 amide bonds. The molecule has 0 unspecified atom stereocenters. The van der Waals surface area contributed by atoms with Gasteiger partial charge in [0.05, 0.1) is 0 Å². The lowest BCUT2D eigenvalue weighted by molar-refractivity contribution is 0.560. The van der Waals surface area contributed by atoms with Crippen molar-refractivity contribution < 1.29 is 0 Å². The van der Waals surface area contributed by atoms with Gasteiger partial charge in [-0.15, -0.1) is 13.2 Å². The summed E-state index contributed by atoms with van der Waals surface area (Å²) in [6, 6.07) is 0. The first kappa shape index (κ1) is 7.73. The van der Waals surface area contributed by atoms with E-state index < -0.39 is 0 Å². The van der Waals surface area contributed by atoms with Crippen LogP contribution in [0.2, 0.25) is 0 Å². The number of hydrogen-bond acceptors (Lipinski definition) is 1. The minimum Gasteiger partial charge on any atom is -0.213 e. The zero-order valence-electron chi connectivity index (χ0n) is 4.81. The zero-order chi connectivity index (χ0) is 6.41. The van der Waals surface area contributed by atoms with E-state index in [2.05, 4.69) is 13.2 Å². The fraction of sp³-hybridized carbons (Fsp3) is 0.333. The Morgan fingerprint density at radius 3 is 1.88 bits per heavy atom. The van der Waals surface area contributed by atoms with E-state index in [4.69, 9.17) is 11.8 Å². The number of hydrogen-bond donors (Lipinski definition) is 0. The predicted molar refractivity (Wildman–Crippen MR) is 37.8 cm³/mol. The highest BCUT2D eigenvalue weighted by atomic mass is 35.5. The van der Waals surface area contributed by atoms with Crippen molar-refractivity contribution in [2.45, 2.75) is 0 Å². The number of nitrogens with zero attached hydrogens (tertiary/aromatic N) is 1. The van der Waals surface area contributed by atoms with E-state index in [9.17, 15) is 0 Å². The molecule has 0 saturated carbocycles. The smallest absolute Gasteiger partial charge is 0.0320 e. The topological polar surface area (TPSA) is 3.24 Å². The Kier molecular flexibility index (Phi) is 4.71. The Labute approximate surface area is 55.4 Å². The van der Waals surface area contributed by atoms with Crippen LogP contribution in [0.25, 0.3) is 0 Å². The second kappa shape index (κ2) is 4.88. The maximum Gasteiger partial charge on any atom is 0.0320 e. The molecule has 8 heavy (non-hydrogen) atoms. The Morgan fingerprint density at radius 1 is 1.25 bits per heavy atom. The fourth-order valence-electron chi connectivity index (χ4n) is 0.355. The Balaban J connectivity index is 3.16. The molecule has 1 nitrogen and oxygen atoms in total. The molecule has 2 heteroatoms. The standard InChI is InChI=1S/C6H10ClN/c1-3-5-8(7)6-4-2/h3-4H,1-2,5-6H2. The monoisotopic (exact) mass is 131 g/mol. The summed E-state index contributed by atoms with van der Waals surface area (Å²) >= 11 is 5.57. The second-order valence-electron chi connectivity index (χ2n) is 1.41. The summed E-state index contributed by atoms with van der Waals surface area (Å²) < 4.78 is 1.60. The summed E-state index contributed by atoms with van der Waals surface area (Å²) in [5.74, 6) is 0. The van der Waals surface area contributed by atoms with E-state index in [1.807, 2.05) is 0 Å². The maximum absolute atomic E-state index is 5.57. The van der Waals surface area contributed by atoms with Crippen molar-refractivity contribution in [1.82, 2.24) is 4.42 Å². The summed E-state index contributed by atoms with van der Waals surface area (Å²) in [5, 5.41) is 0. The third-order valence-corrected chi connectivity index (χ3v) is 0.930. The second-order valence-corrected chi connectivity index (χ2v) is 1.88. The predicted octanol–water partition coefficient (Wildman–Crippen LogP) is 1.81. The van der Waals surface area contributed by atoms with Crippen LogP contribution in [0.3, 0.4) is 0 Å². The molecule has 0 aliphatic carbocycles. The van der Waals surface area contributed by atoms with E-state index in [1.54, 1.807) is 16.6 Å². The van der Waals surface area contributed by atoms with Crippen LogP contribution in [0, 0.1) is 0 Å². The van der Waals surface area contributed by atoms with Crippen LogP contribution in [0.1, 0.15) is 0 Å². The van der Waals surface area contributed by atoms with Gasteiger partial charge in [-0.1, -0.05) is 12.2 Å². The molecule has 0 bridgehead atoms. The molecular formula is C6H10ClN. The average molecular weight is 132 g/mol. The van der Waals surface area contributed by atoms with Crippen molar-refractivity contribution in [3.63, 3.8) is 0 Å². The highest BCUT2D eigenvalue weighted by molar-refractivity contribution is 6.13. The van der Waals surface area contributed by atoms with E-state index in [0.29, 0.717) is 13.1 Å². The summed E-state index contributed by atoms with van der Waals surface area (Å²) in [5.41, 5.74) is 0. The molecule has 0 aromatic heterocycles. The van der Waals surface area contributed by atoms with Crippen LogP contribution in [0.15, 0.2) is 25.3 Å². The zero-order valence-corrected chi connectivity index (χ0v) is 5.56. The van der Waals surface area contributed by atoms with Crippen molar-refractivity contribution in [1.29, 1.82) is 0 Å². The van der Waals surface area contributed by atoms with Gasteiger partial charge in [0.25, 0.3) is 0 Å². The van der Waals surface area contributed by atoms with Gasteiger partial charge in [-0.2, -0.15) is 0 Å². The van der Waals surface area contributed by atoms with Gasteiger partial charge in [-0.3, -0.25) is 0 Å². The molecule has 0 atom stereocenters. The third kappa shape index (κ3) is 3.90. The minimum absolute atomic E-state index is 0.702. The van der Waals surface area contributed by atoms with E-state index in [-0.39, 0.29) is 0 Å². The first-order valence-corrected chi connectivity index (χ1v) is 2.77. The van der Waals surface area contributed by atoms with Gasteiger partial charge in [0, 0.05) is 13.1 Å². The SMILES string of the molecule is C=CCN(Cl)CC=C. The number of rotatable bonds is 4. The Morgan fingerprint density at radius 2 is 1.62 bits per heavy atom. The average Bonchev–Trinajstić information content (AvgIpc) is 1.68. The molecule has 0 rings (SSSR count). The van der Waals surface area contributed by atoms with Gasteiger partial charge in [-0.05, 0) is 11.8 Å². The van der Waals surface area contributed by atoms with Gasteiger partial charge in [-0.25, -0.2) is 4.42 Å². The van der Waals surface area contributed by atoms with Crippen molar-refractivity contribution in [2.75, 3.05) is 13.1 Å². The summed E-state index contributed by atoms with van der Waals surface area (Å²) in [4.78, 5) is 0. The molecule has 0 spiro atoms. The summed E-state index contributed by atoms with van der Waals surface area (Å²) in [6.45, 7) is 8.45. The number of halogens is 1. The van der Waals surface area contributed by atoms with Gasteiger partial charge in [0.1, 0.15) is 0 Å². The van der Waals surface area contributed by atoms with Crippen LogP contribution in [0.5, 0.6) is 0 Å². The van der Waals surface area contributed by atoms with Crippen molar-refractivity contribution in [3.05, 3.63) is 25.3 Å². The van der Waals surface area contributed by atoms with Gasteiger partial charge >= 0.3 is 0 Å². The molecule has 0 aromatic carbocycles. The Hall–Kier alpha value is -0.270. The molecule has 0 fully saturated rings. The largest absolute Gasteiger partial charge is 0.213 e. The lowest BCUT2D eigenvalue weighted by Crippen LogP contribution is -2.10. The lowest BCUT2D eigenvalue weighted by Gasteiger charge is -2.04. The highest BCUT2D eigenvalue weighted by Gasteiger charge is 1.89. The van der Waals surface area contributed by atoms with Crippen molar-refractivity contribution in [3.8, 4) is 0 Å². The maximum atomic E-state index is 5.57. The Bertz CT molecular complexity index is 70.6. The van der Waals surface area contributed by atoms with Crippen LogP contribution >= 0.6 is 11.8 Å². The molecule has 0 aromatic rings. The minimum atomic E-state index is 0.702. The molecule has 0 saturated heterocycles. The highest BCUT2D eigenvalue weighted by Crippen LogP contribution is 1.91. The molecule has 0 radical (unpaired) electrons. The van der Waals surface area contributed by atoms with Crippen LogP contribution < -0.4 is 0 Å². The van der Waals surface area contributed by atoms with Crippen LogP contribution in [-0.4, -0.2) is 17.5 Å². The molecule has 0 heterocycles. The van der Waals surface area contributed by atoms with E-state index in [1.165, 1.54) is 0 Å². The summed E-state index contributed by atoms with van der Waals surface area (Å²) in [7, 11) is 0. The first-order valence-electron chi connectivity index (χ1n) is 2.43. The van der Waals surface area contributed by atoms with Crippen molar-refractivity contribution in [2.24, 2.45) is 0 Å². The van der Waals surface area contributed by atoms with E-state index >= 15 is 0 Å². The van der Waals surface area contributed by atoms with Crippen LogP contribution in [-0.2, 0) is 0 Å². The quantitative estimate of drug-likeness (QED) is 0.416. The third-order valence-electron chi connectivity index (χ3n) is 0.654. The molecule has 0 aliphatic heterocycles. The van der Waals surface area contributed by atoms with Gasteiger partial charge in [0.15, 0.2) is 0 Å². The van der Waals surface area contributed by atoms with E-state index in [0.717, 1.165) is 0 Å². The molecule has 46 valence electrons. The first-order chi connectivity index (χ1) is 3.81. The summed E-state index contributed by atoms with van der Waals surface area (Å²) in [6.07, 6.45) is 3.49. The molecular weight excluding hydrogens is 122 g/mol. The van der Waals surface area contributed by atoms with Crippen LogP contribution in [0.4, 0.5) is 0 Å². The molecule has 0 N–H and O–H groups in total.